The zero-order chi connectivity index (χ0) is 13.6. The molecule has 2 aliphatic rings. The van der Waals surface area contributed by atoms with Crippen LogP contribution in [0.5, 0.6) is 0 Å². The number of piperidine rings is 1. The zero-order valence-electron chi connectivity index (χ0n) is 12.4. The summed E-state index contributed by atoms with van der Waals surface area (Å²) in [6.07, 6.45) is 13.9. The van der Waals surface area contributed by atoms with Gasteiger partial charge in [0, 0.05) is 18.4 Å². The van der Waals surface area contributed by atoms with E-state index in [0.717, 1.165) is 24.6 Å². The molecule has 1 unspecified atom stereocenters. The van der Waals surface area contributed by atoms with Gasteiger partial charge in [0.05, 0.1) is 0 Å². The van der Waals surface area contributed by atoms with Crippen LogP contribution < -0.4 is 5.32 Å². The maximum Gasteiger partial charge on any atom is 0.226 e. The van der Waals surface area contributed by atoms with Crippen LogP contribution in [0.15, 0.2) is 4.52 Å². The molecule has 1 aliphatic heterocycles. The number of hydrogen-bond donors (Lipinski definition) is 1. The molecule has 0 aromatic carbocycles. The summed E-state index contributed by atoms with van der Waals surface area (Å²) in [5.41, 5.74) is 0. The van der Waals surface area contributed by atoms with Crippen LogP contribution >= 0.6 is 0 Å². The molecule has 1 aromatic heterocycles. The van der Waals surface area contributed by atoms with E-state index in [2.05, 4.69) is 15.5 Å². The molecule has 0 amide bonds. The third kappa shape index (κ3) is 3.81. The van der Waals surface area contributed by atoms with Crippen LogP contribution in [0.3, 0.4) is 0 Å². The van der Waals surface area contributed by atoms with E-state index >= 15 is 0 Å². The second-order valence-corrected chi connectivity index (χ2v) is 6.42. The molecule has 4 heteroatoms. The molecule has 1 aliphatic carbocycles. The van der Waals surface area contributed by atoms with Crippen LogP contribution in [-0.4, -0.2) is 22.7 Å². The van der Waals surface area contributed by atoms with Gasteiger partial charge in [-0.25, -0.2) is 0 Å². The standard InChI is InChI=1S/C16H27N3O/c1-2-4-8-13(7-3-1)16-18-15(20-19-16)11-10-14-9-5-6-12-17-14/h13-14,17H,1-12H2. The topological polar surface area (TPSA) is 51.0 Å². The average Bonchev–Trinajstić information content (AvgIpc) is 2.80. The molecule has 1 saturated heterocycles. The average molecular weight is 277 g/mol. The summed E-state index contributed by atoms with van der Waals surface area (Å²) < 4.78 is 5.46. The highest BCUT2D eigenvalue weighted by molar-refractivity contribution is 4.96. The van der Waals surface area contributed by atoms with Gasteiger partial charge >= 0.3 is 0 Å². The smallest absolute Gasteiger partial charge is 0.226 e. The number of aryl methyl sites for hydroxylation is 1. The Morgan fingerprint density at radius 2 is 1.80 bits per heavy atom. The molecule has 3 rings (SSSR count). The molecule has 1 N–H and O–H groups in total. The lowest BCUT2D eigenvalue weighted by Gasteiger charge is -2.22. The predicted octanol–water partition coefficient (Wildman–Crippen LogP) is 3.58. The minimum Gasteiger partial charge on any atom is -0.339 e. The lowest BCUT2D eigenvalue weighted by atomic mass is 9.99. The molecule has 2 heterocycles. The summed E-state index contributed by atoms with van der Waals surface area (Å²) in [5, 5.41) is 7.82. The van der Waals surface area contributed by atoms with Crippen LogP contribution in [0.25, 0.3) is 0 Å². The summed E-state index contributed by atoms with van der Waals surface area (Å²) >= 11 is 0. The van der Waals surface area contributed by atoms with Crippen molar-refractivity contribution < 1.29 is 4.52 Å². The van der Waals surface area contributed by atoms with Crippen molar-refractivity contribution in [3.05, 3.63) is 11.7 Å². The normalized spacial score (nSPS) is 25.5. The minimum absolute atomic E-state index is 0.544. The van der Waals surface area contributed by atoms with E-state index in [4.69, 9.17) is 4.52 Å². The van der Waals surface area contributed by atoms with Crippen molar-refractivity contribution in [2.24, 2.45) is 0 Å². The van der Waals surface area contributed by atoms with Crippen LogP contribution in [0.2, 0.25) is 0 Å². The van der Waals surface area contributed by atoms with Crippen molar-refractivity contribution in [2.45, 2.75) is 82.6 Å². The van der Waals surface area contributed by atoms with E-state index in [1.54, 1.807) is 0 Å². The molecule has 112 valence electrons. The summed E-state index contributed by atoms with van der Waals surface area (Å²) in [4.78, 5) is 4.65. The number of nitrogens with one attached hydrogen (secondary N) is 1. The molecule has 0 radical (unpaired) electrons. The minimum atomic E-state index is 0.544. The Morgan fingerprint density at radius 1 is 1.00 bits per heavy atom. The van der Waals surface area contributed by atoms with Crippen LogP contribution in [0.4, 0.5) is 0 Å². The lowest BCUT2D eigenvalue weighted by molar-refractivity contribution is 0.338. The molecule has 1 aromatic rings. The molecule has 0 bridgehead atoms. The van der Waals surface area contributed by atoms with Gasteiger partial charge in [0.15, 0.2) is 5.82 Å². The van der Waals surface area contributed by atoms with E-state index in [1.807, 2.05) is 0 Å². The Kier molecular flexibility index (Phi) is 5.06. The first kappa shape index (κ1) is 14.1. The number of nitrogens with zero attached hydrogens (tertiary/aromatic N) is 2. The summed E-state index contributed by atoms with van der Waals surface area (Å²) in [5.74, 6) is 2.36. The van der Waals surface area contributed by atoms with E-state index in [1.165, 1.54) is 64.3 Å². The maximum absolute atomic E-state index is 5.46. The van der Waals surface area contributed by atoms with Gasteiger partial charge in [0.2, 0.25) is 5.89 Å². The molecular weight excluding hydrogens is 250 g/mol. The lowest BCUT2D eigenvalue weighted by Crippen LogP contribution is -2.34. The predicted molar refractivity (Wildman–Crippen MR) is 78.7 cm³/mol. The summed E-state index contributed by atoms with van der Waals surface area (Å²) in [7, 11) is 0. The van der Waals surface area contributed by atoms with Gasteiger partial charge < -0.3 is 9.84 Å². The van der Waals surface area contributed by atoms with E-state index < -0.39 is 0 Å². The first-order valence-electron chi connectivity index (χ1n) is 8.47. The first-order chi connectivity index (χ1) is 9.92. The van der Waals surface area contributed by atoms with Crippen molar-refractivity contribution in [1.29, 1.82) is 0 Å². The Bertz CT molecular complexity index is 390. The van der Waals surface area contributed by atoms with Crippen molar-refractivity contribution in [1.82, 2.24) is 15.5 Å². The fraction of sp³-hybridized carbons (Fsp3) is 0.875. The molecule has 0 spiro atoms. The van der Waals surface area contributed by atoms with Gasteiger partial charge in [-0.3, -0.25) is 0 Å². The number of rotatable bonds is 4. The quantitative estimate of drug-likeness (QED) is 0.855. The van der Waals surface area contributed by atoms with Gasteiger partial charge in [-0.1, -0.05) is 37.3 Å². The van der Waals surface area contributed by atoms with Crippen molar-refractivity contribution in [2.75, 3.05) is 6.54 Å². The summed E-state index contributed by atoms with van der Waals surface area (Å²) in [6.45, 7) is 1.17. The highest BCUT2D eigenvalue weighted by Crippen LogP contribution is 2.29. The maximum atomic E-state index is 5.46. The Morgan fingerprint density at radius 3 is 2.55 bits per heavy atom. The largest absolute Gasteiger partial charge is 0.339 e. The molecule has 20 heavy (non-hydrogen) atoms. The highest BCUT2D eigenvalue weighted by Gasteiger charge is 2.20. The molecular formula is C16H27N3O. The van der Waals surface area contributed by atoms with Crippen molar-refractivity contribution in [3.8, 4) is 0 Å². The SMILES string of the molecule is C1CCCC(c2noc(CCC3CCCCN3)n2)CC1. The second kappa shape index (κ2) is 7.21. The van der Waals surface area contributed by atoms with E-state index in [9.17, 15) is 0 Å². The van der Waals surface area contributed by atoms with Crippen molar-refractivity contribution >= 4 is 0 Å². The zero-order valence-corrected chi connectivity index (χ0v) is 12.4. The fourth-order valence-corrected chi connectivity index (χ4v) is 3.54. The molecule has 1 atom stereocenters. The van der Waals surface area contributed by atoms with Gasteiger partial charge in [-0.2, -0.15) is 4.98 Å². The van der Waals surface area contributed by atoms with Gasteiger partial charge in [0.1, 0.15) is 0 Å². The fourth-order valence-electron chi connectivity index (χ4n) is 3.54. The highest BCUT2D eigenvalue weighted by atomic mass is 16.5. The van der Waals surface area contributed by atoms with Gasteiger partial charge in [-0.15, -0.1) is 0 Å². The third-order valence-corrected chi connectivity index (χ3v) is 4.82. The van der Waals surface area contributed by atoms with Gasteiger partial charge in [-0.05, 0) is 38.6 Å². The number of aromatic nitrogens is 2. The summed E-state index contributed by atoms with van der Waals surface area (Å²) in [6, 6.07) is 0.650. The Balaban J connectivity index is 1.50. The first-order valence-corrected chi connectivity index (χ1v) is 8.47. The monoisotopic (exact) mass is 277 g/mol. The Hall–Kier alpha value is -0.900. The second-order valence-electron chi connectivity index (χ2n) is 6.42. The van der Waals surface area contributed by atoms with E-state index in [0.29, 0.717) is 12.0 Å². The van der Waals surface area contributed by atoms with Crippen LogP contribution in [0, 0.1) is 0 Å². The van der Waals surface area contributed by atoms with Crippen LogP contribution in [-0.2, 0) is 6.42 Å². The molecule has 2 fully saturated rings. The number of hydrogen-bond acceptors (Lipinski definition) is 4. The molecule has 1 saturated carbocycles. The van der Waals surface area contributed by atoms with Gasteiger partial charge in [0.25, 0.3) is 0 Å². The van der Waals surface area contributed by atoms with E-state index in [-0.39, 0.29) is 0 Å². The third-order valence-electron chi connectivity index (χ3n) is 4.82. The Labute approximate surface area is 121 Å². The molecule has 4 nitrogen and oxygen atoms in total. The van der Waals surface area contributed by atoms with Crippen molar-refractivity contribution in [3.63, 3.8) is 0 Å². The van der Waals surface area contributed by atoms with Crippen LogP contribution in [0.1, 0.15) is 81.8 Å².